The van der Waals surface area contributed by atoms with Crippen LogP contribution in [0.15, 0.2) is 65.5 Å². The van der Waals surface area contributed by atoms with Gasteiger partial charge in [-0.15, -0.1) is 0 Å². The van der Waals surface area contributed by atoms with Crippen LogP contribution in [0.5, 0.6) is 5.75 Å². The smallest absolute Gasteiger partial charge is 0.328 e. The molecule has 2 aromatic heterocycles. The van der Waals surface area contributed by atoms with E-state index in [4.69, 9.17) is 15.6 Å². The summed E-state index contributed by atoms with van der Waals surface area (Å²) in [4.78, 5) is 29.5. The van der Waals surface area contributed by atoms with E-state index in [0.29, 0.717) is 22.5 Å². The summed E-state index contributed by atoms with van der Waals surface area (Å²) in [6.07, 6.45) is 6.57. The molecule has 37 heavy (non-hydrogen) atoms. The first-order chi connectivity index (χ1) is 17.8. The molecule has 190 valence electrons. The van der Waals surface area contributed by atoms with E-state index in [-0.39, 0.29) is 11.5 Å². The zero-order chi connectivity index (χ0) is 26.1. The molecular formula is C30H32N4O3. The number of nitrogens with one attached hydrogen (secondary N) is 1. The van der Waals surface area contributed by atoms with Crippen molar-refractivity contribution >= 4 is 17.2 Å². The van der Waals surface area contributed by atoms with Crippen molar-refractivity contribution in [1.82, 2.24) is 14.6 Å². The van der Waals surface area contributed by atoms with Gasteiger partial charge in [0, 0.05) is 16.8 Å². The largest absolute Gasteiger partial charge is 0.425 e. The molecule has 4 aromatic rings. The van der Waals surface area contributed by atoms with E-state index < -0.39 is 12.0 Å². The number of aromatic nitrogens is 3. The number of aromatic amines is 1. The number of esters is 1. The topological polar surface area (TPSA) is 102 Å². The van der Waals surface area contributed by atoms with Gasteiger partial charge in [-0.25, -0.2) is 4.79 Å². The Morgan fingerprint density at radius 3 is 2.41 bits per heavy atom. The van der Waals surface area contributed by atoms with Crippen molar-refractivity contribution in [2.24, 2.45) is 11.7 Å². The molecule has 1 aliphatic carbocycles. The minimum Gasteiger partial charge on any atom is -0.425 e. The van der Waals surface area contributed by atoms with Gasteiger partial charge in [-0.2, -0.15) is 9.61 Å². The molecule has 1 aliphatic rings. The summed E-state index contributed by atoms with van der Waals surface area (Å²) in [5.74, 6) is -0.117. The number of hydrogen-bond donors (Lipinski definition) is 2. The van der Waals surface area contributed by atoms with E-state index in [9.17, 15) is 9.59 Å². The number of ether oxygens (including phenoxy) is 1. The SMILES string of the molecule is Cc1[nH]c2c(C3=CCCCC3)c(-c3ccccc3)nn2c(=O)c1-c1ccc(OC(=O)C(N)C(C)C)cc1. The third kappa shape index (κ3) is 4.74. The summed E-state index contributed by atoms with van der Waals surface area (Å²) in [6, 6.07) is 16.2. The molecule has 0 fully saturated rings. The number of H-pyrrole nitrogens is 1. The second kappa shape index (κ2) is 10.2. The molecule has 0 saturated carbocycles. The number of carbonyl (C=O) groups is 1. The zero-order valence-electron chi connectivity index (χ0n) is 21.5. The van der Waals surface area contributed by atoms with Gasteiger partial charge in [-0.05, 0) is 61.8 Å². The van der Waals surface area contributed by atoms with Crippen molar-refractivity contribution < 1.29 is 9.53 Å². The molecule has 1 atom stereocenters. The van der Waals surface area contributed by atoms with Crippen LogP contribution in [0, 0.1) is 12.8 Å². The Kier molecular flexibility index (Phi) is 6.80. The number of allylic oxidation sites excluding steroid dienone is 2. The van der Waals surface area contributed by atoms with Crippen molar-refractivity contribution in [2.45, 2.75) is 52.5 Å². The summed E-state index contributed by atoms with van der Waals surface area (Å²) in [7, 11) is 0. The van der Waals surface area contributed by atoms with Crippen LogP contribution in [0.1, 0.15) is 50.8 Å². The van der Waals surface area contributed by atoms with Gasteiger partial charge in [0.05, 0.1) is 5.56 Å². The Hall–Kier alpha value is -3.97. The molecule has 0 spiro atoms. The first-order valence-corrected chi connectivity index (χ1v) is 12.8. The predicted molar refractivity (Wildman–Crippen MR) is 146 cm³/mol. The van der Waals surface area contributed by atoms with Crippen LogP contribution >= 0.6 is 0 Å². The molecule has 0 amide bonds. The van der Waals surface area contributed by atoms with Gasteiger partial charge in [0.2, 0.25) is 0 Å². The van der Waals surface area contributed by atoms with E-state index in [1.165, 1.54) is 16.5 Å². The fraction of sp³-hybridized carbons (Fsp3) is 0.300. The first kappa shape index (κ1) is 24.7. The molecule has 1 unspecified atom stereocenters. The zero-order valence-corrected chi connectivity index (χ0v) is 21.5. The lowest BCUT2D eigenvalue weighted by Gasteiger charge is -2.15. The summed E-state index contributed by atoms with van der Waals surface area (Å²) in [6.45, 7) is 5.64. The van der Waals surface area contributed by atoms with Crippen molar-refractivity contribution in [3.05, 3.63) is 82.3 Å². The molecule has 5 rings (SSSR count). The molecule has 0 saturated heterocycles. The molecule has 2 aromatic carbocycles. The fourth-order valence-corrected chi connectivity index (χ4v) is 4.84. The quantitative estimate of drug-likeness (QED) is 0.271. The van der Waals surface area contributed by atoms with Gasteiger partial charge >= 0.3 is 5.97 Å². The Morgan fingerprint density at radius 1 is 1.03 bits per heavy atom. The highest BCUT2D eigenvalue weighted by atomic mass is 16.5. The number of carbonyl (C=O) groups excluding carboxylic acids is 1. The lowest BCUT2D eigenvalue weighted by molar-refractivity contribution is -0.136. The number of benzene rings is 2. The van der Waals surface area contributed by atoms with E-state index in [1.54, 1.807) is 24.3 Å². The van der Waals surface area contributed by atoms with Crippen molar-refractivity contribution in [3.63, 3.8) is 0 Å². The van der Waals surface area contributed by atoms with Gasteiger partial charge < -0.3 is 15.5 Å². The molecular weight excluding hydrogens is 464 g/mol. The van der Waals surface area contributed by atoms with Crippen molar-refractivity contribution in [1.29, 1.82) is 0 Å². The van der Waals surface area contributed by atoms with Crippen LogP contribution in [-0.2, 0) is 4.79 Å². The monoisotopic (exact) mass is 496 g/mol. The number of fused-ring (bicyclic) bond motifs is 1. The molecule has 0 radical (unpaired) electrons. The predicted octanol–water partition coefficient (Wildman–Crippen LogP) is 5.51. The third-order valence-corrected chi connectivity index (χ3v) is 6.98. The van der Waals surface area contributed by atoms with Gasteiger partial charge in [0.25, 0.3) is 5.56 Å². The Bertz CT molecular complexity index is 1530. The van der Waals surface area contributed by atoms with Gasteiger partial charge in [-0.3, -0.25) is 4.79 Å². The Morgan fingerprint density at radius 2 is 1.76 bits per heavy atom. The molecule has 0 aliphatic heterocycles. The minimum absolute atomic E-state index is 0.0242. The first-order valence-electron chi connectivity index (χ1n) is 12.8. The van der Waals surface area contributed by atoms with Gasteiger partial charge in [0.15, 0.2) is 0 Å². The number of rotatable bonds is 6. The number of aryl methyl sites for hydroxylation is 1. The number of hydrogen-bond acceptors (Lipinski definition) is 5. The highest BCUT2D eigenvalue weighted by Crippen LogP contribution is 2.36. The van der Waals surface area contributed by atoms with E-state index >= 15 is 0 Å². The van der Waals surface area contributed by atoms with Crippen molar-refractivity contribution in [3.8, 4) is 28.1 Å². The maximum Gasteiger partial charge on any atom is 0.328 e. The second-order valence-corrected chi connectivity index (χ2v) is 9.97. The van der Waals surface area contributed by atoms with Gasteiger partial charge in [0.1, 0.15) is 23.1 Å². The highest BCUT2D eigenvalue weighted by molar-refractivity contribution is 5.88. The van der Waals surface area contributed by atoms with E-state index in [0.717, 1.165) is 41.8 Å². The fourth-order valence-electron chi connectivity index (χ4n) is 4.84. The molecule has 3 N–H and O–H groups in total. The lowest BCUT2D eigenvalue weighted by Crippen LogP contribution is -2.38. The summed E-state index contributed by atoms with van der Waals surface area (Å²) < 4.78 is 6.91. The summed E-state index contributed by atoms with van der Waals surface area (Å²) >= 11 is 0. The van der Waals surface area contributed by atoms with Crippen LogP contribution in [0.3, 0.4) is 0 Å². The van der Waals surface area contributed by atoms with Crippen LogP contribution in [0.25, 0.3) is 33.6 Å². The summed E-state index contributed by atoms with van der Waals surface area (Å²) in [5.41, 5.74) is 12.4. The van der Waals surface area contributed by atoms with Crippen LogP contribution in [0.4, 0.5) is 0 Å². The maximum absolute atomic E-state index is 13.8. The van der Waals surface area contributed by atoms with Crippen LogP contribution < -0.4 is 16.0 Å². The van der Waals surface area contributed by atoms with Crippen molar-refractivity contribution in [2.75, 3.05) is 0 Å². The average Bonchev–Trinajstić information content (AvgIpc) is 3.29. The van der Waals surface area contributed by atoms with Gasteiger partial charge in [-0.1, -0.05) is 62.4 Å². The summed E-state index contributed by atoms with van der Waals surface area (Å²) in [5, 5.41) is 4.83. The maximum atomic E-state index is 13.8. The van der Waals surface area contributed by atoms with E-state index in [2.05, 4.69) is 11.1 Å². The minimum atomic E-state index is -0.695. The standard InChI is InChI=1S/C30H32N4O3/c1-18(2)26(31)30(36)37-23-16-14-21(15-17-23)24-19(3)32-28-25(20-10-6-4-7-11-20)27(33-34(28)29(24)35)22-12-8-5-9-13-22/h5,8-10,12-18,26,32H,4,6-7,11,31H2,1-3H3. The number of nitrogens with two attached hydrogens (primary N) is 1. The number of nitrogens with zero attached hydrogens (tertiary/aromatic N) is 2. The average molecular weight is 497 g/mol. The Labute approximate surface area is 216 Å². The molecule has 0 bridgehead atoms. The second-order valence-electron chi connectivity index (χ2n) is 9.97. The van der Waals surface area contributed by atoms with Crippen LogP contribution in [-0.4, -0.2) is 26.6 Å². The Balaban J connectivity index is 1.59. The third-order valence-electron chi connectivity index (χ3n) is 6.98. The van der Waals surface area contributed by atoms with Crippen LogP contribution in [0.2, 0.25) is 0 Å². The molecule has 7 nitrogen and oxygen atoms in total. The molecule has 7 heteroatoms. The molecule has 2 heterocycles. The normalized spacial score (nSPS) is 14.6. The highest BCUT2D eigenvalue weighted by Gasteiger charge is 2.24. The lowest BCUT2D eigenvalue weighted by atomic mass is 9.92. The van der Waals surface area contributed by atoms with E-state index in [1.807, 2.05) is 51.1 Å².